The zero-order chi connectivity index (χ0) is 20.8. The minimum atomic E-state index is -1.31. The van der Waals surface area contributed by atoms with Crippen LogP contribution in [0.4, 0.5) is 14.5 Å². The van der Waals surface area contributed by atoms with Crippen LogP contribution in [0, 0.1) is 11.6 Å². The van der Waals surface area contributed by atoms with Gasteiger partial charge in [-0.2, -0.15) is 0 Å². The Morgan fingerprint density at radius 3 is 2.50 bits per heavy atom. The molecule has 0 fully saturated rings. The largest absolute Gasteiger partial charge is 0.451 e. The van der Waals surface area contributed by atoms with E-state index in [4.69, 9.17) is 27.9 Å². The van der Waals surface area contributed by atoms with Crippen molar-refractivity contribution in [2.75, 3.05) is 11.9 Å². The molecule has 6 nitrogen and oxygen atoms in total. The Morgan fingerprint density at radius 1 is 1.11 bits per heavy atom. The second-order valence-electron chi connectivity index (χ2n) is 5.55. The van der Waals surface area contributed by atoms with Crippen LogP contribution in [0.25, 0.3) is 0 Å². The summed E-state index contributed by atoms with van der Waals surface area (Å²) in [5.41, 5.74) is -0.287. The number of carbonyl (C=O) groups is 3. The van der Waals surface area contributed by atoms with Crippen molar-refractivity contribution < 1.29 is 27.9 Å². The molecule has 2 amide bonds. The van der Waals surface area contributed by atoms with Gasteiger partial charge in [0.15, 0.2) is 6.10 Å². The third-order valence-corrected chi connectivity index (χ3v) is 3.98. The van der Waals surface area contributed by atoms with Gasteiger partial charge in [-0.1, -0.05) is 23.2 Å². The minimum Gasteiger partial charge on any atom is -0.451 e. The maximum atomic E-state index is 13.5. The van der Waals surface area contributed by atoms with E-state index in [9.17, 15) is 23.2 Å². The maximum Gasteiger partial charge on any atom is 0.326 e. The topological polar surface area (TPSA) is 84.5 Å². The Morgan fingerprint density at radius 2 is 1.82 bits per heavy atom. The van der Waals surface area contributed by atoms with Crippen molar-refractivity contribution in [2.45, 2.75) is 13.0 Å². The lowest BCUT2D eigenvalue weighted by atomic mass is 10.2. The van der Waals surface area contributed by atoms with E-state index in [2.05, 4.69) is 10.6 Å². The number of nitrogens with one attached hydrogen (secondary N) is 2. The summed E-state index contributed by atoms with van der Waals surface area (Å²) in [6.45, 7) is 0.700. The van der Waals surface area contributed by atoms with Gasteiger partial charge >= 0.3 is 5.97 Å². The number of hydrogen-bond donors (Lipinski definition) is 2. The van der Waals surface area contributed by atoms with E-state index in [1.54, 1.807) is 0 Å². The number of ether oxygens (including phenoxy) is 1. The van der Waals surface area contributed by atoms with E-state index in [1.807, 2.05) is 0 Å². The van der Waals surface area contributed by atoms with Gasteiger partial charge in [-0.15, -0.1) is 0 Å². The number of carbonyl (C=O) groups excluding carboxylic acids is 3. The molecule has 2 N–H and O–H groups in total. The molecule has 2 aromatic rings. The first kappa shape index (κ1) is 21.6. The highest BCUT2D eigenvalue weighted by Crippen LogP contribution is 2.20. The molecule has 148 valence electrons. The van der Waals surface area contributed by atoms with Gasteiger partial charge in [0.1, 0.15) is 18.2 Å². The molecule has 0 aliphatic rings. The van der Waals surface area contributed by atoms with E-state index in [-0.39, 0.29) is 10.6 Å². The molecule has 0 bridgehead atoms. The Labute approximate surface area is 168 Å². The van der Waals surface area contributed by atoms with Crippen molar-refractivity contribution in [1.29, 1.82) is 0 Å². The predicted molar refractivity (Wildman–Crippen MR) is 99.3 cm³/mol. The van der Waals surface area contributed by atoms with Gasteiger partial charge in [-0.3, -0.25) is 14.4 Å². The summed E-state index contributed by atoms with van der Waals surface area (Å²) in [7, 11) is 0. The zero-order valence-electron chi connectivity index (χ0n) is 14.4. The number of halogens is 4. The van der Waals surface area contributed by atoms with Crippen molar-refractivity contribution in [2.24, 2.45) is 0 Å². The number of benzene rings is 2. The molecule has 0 radical (unpaired) electrons. The van der Waals surface area contributed by atoms with Gasteiger partial charge in [0.25, 0.3) is 11.8 Å². The standard InChI is InChI=1S/C18H14Cl2F2N2O4/c1-9(17(26)24-15-7-11(21)3-5-14(15)22)28-16(25)8-23-18(27)12-4-2-10(19)6-13(12)20/h2-7,9H,8H2,1H3,(H,23,27)(H,24,26). The molecule has 0 heterocycles. The lowest BCUT2D eigenvalue weighted by molar-refractivity contribution is -0.152. The van der Waals surface area contributed by atoms with Crippen molar-refractivity contribution in [3.63, 3.8) is 0 Å². The molecule has 1 atom stereocenters. The molecular weight excluding hydrogens is 417 g/mol. The van der Waals surface area contributed by atoms with Crippen LogP contribution >= 0.6 is 23.2 Å². The summed E-state index contributed by atoms with van der Waals surface area (Å²) < 4.78 is 31.5. The second kappa shape index (κ2) is 9.48. The van der Waals surface area contributed by atoms with Gasteiger partial charge in [0.2, 0.25) is 0 Å². The molecule has 10 heteroatoms. The van der Waals surface area contributed by atoms with Gasteiger partial charge in [-0.05, 0) is 37.3 Å². The molecule has 0 aromatic heterocycles. The first-order chi connectivity index (χ1) is 13.2. The predicted octanol–water partition coefficient (Wildman–Crippen LogP) is 3.57. The summed E-state index contributed by atoms with van der Waals surface area (Å²) in [6, 6.07) is 6.74. The van der Waals surface area contributed by atoms with Crippen LogP contribution in [0.1, 0.15) is 17.3 Å². The van der Waals surface area contributed by atoms with Crippen LogP contribution in [-0.2, 0) is 14.3 Å². The molecule has 0 spiro atoms. The second-order valence-corrected chi connectivity index (χ2v) is 6.40. The molecule has 0 saturated heterocycles. The first-order valence-electron chi connectivity index (χ1n) is 7.86. The molecule has 0 aliphatic heterocycles. The summed E-state index contributed by atoms with van der Waals surface area (Å²) in [4.78, 5) is 35.8. The Bertz CT molecular complexity index is 924. The molecule has 2 aromatic carbocycles. The number of rotatable bonds is 6. The Balaban J connectivity index is 1.87. The molecule has 0 saturated carbocycles. The molecular formula is C18H14Cl2F2N2O4. The lowest BCUT2D eigenvalue weighted by Gasteiger charge is -2.14. The van der Waals surface area contributed by atoms with Gasteiger partial charge < -0.3 is 15.4 Å². The average Bonchev–Trinajstić information content (AvgIpc) is 2.62. The maximum absolute atomic E-state index is 13.5. The van der Waals surface area contributed by atoms with E-state index in [0.717, 1.165) is 18.2 Å². The van der Waals surface area contributed by atoms with Gasteiger partial charge in [-0.25, -0.2) is 8.78 Å². The third kappa shape index (κ3) is 5.90. The summed E-state index contributed by atoms with van der Waals surface area (Å²) >= 11 is 11.6. The van der Waals surface area contributed by atoms with E-state index in [1.165, 1.54) is 25.1 Å². The number of esters is 1. The van der Waals surface area contributed by atoms with E-state index in [0.29, 0.717) is 5.02 Å². The highest BCUT2D eigenvalue weighted by Gasteiger charge is 2.20. The summed E-state index contributed by atoms with van der Waals surface area (Å²) in [5.74, 6) is -4.02. The Hall–Kier alpha value is -2.71. The minimum absolute atomic E-state index is 0.100. The highest BCUT2D eigenvalue weighted by atomic mass is 35.5. The van der Waals surface area contributed by atoms with E-state index >= 15 is 0 Å². The molecule has 1 unspecified atom stereocenters. The van der Waals surface area contributed by atoms with E-state index < -0.39 is 47.8 Å². The number of anilines is 1. The van der Waals surface area contributed by atoms with Crippen LogP contribution in [0.5, 0.6) is 0 Å². The lowest BCUT2D eigenvalue weighted by Crippen LogP contribution is -2.36. The quantitative estimate of drug-likeness (QED) is 0.686. The van der Waals surface area contributed by atoms with Gasteiger partial charge in [0.05, 0.1) is 16.3 Å². The van der Waals surface area contributed by atoms with Crippen LogP contribution in [-0.4, -0.2) is 30.4 Å². The molecule has 0 aliphatic carbocycles. The Kier molecular flexibility index (Phi) is 7.31. The summed E-state index contributed by atoms with van der Waals surface area (Å²) in [5, 5.41) is 4.84. The molecule has 28 heavy (non-hydrogen) atoms. The van der Waals surface area contributed by atoms with Crippen LogP contribution in [0.2, 0.25) is 10.0 Å². The molecule has 2 rings (SSSR count). The SMILES string of the molecule is CC(OC(=O)CNC(=O)c1ccc(Cl)cc1Cl)C(=O)Nc1cc(F)ccc1F. The zero-order valence-corrected chi connectivity index (χ0v) is 15.9. The number of amides is 2. The van der Waals surface area contributed by atoms with Crippen molar-refractivity contribution in [3.05, 3.63) is 63.6 Å². The van der Waals surface area contributed by atoms with Crippen molar-refractivity contribution in [3.8, 4) is 0 Å². The highest BCUT2D eigenvalue weighted by molar-refractivity contribution is 6.36. The summed E-state index contributed by atoms with van der Waals surface area (Å²) in [6.07, 6.45) is -1.31. The fourth-order valence-electron chi connectivity index (χ4n) is 2.04. The van der Waals surface area contributed by atoms with Crippen molar-refractivity contribution in [1.82, 2.24) is 5.32 Å². The fraction of sp³-hybridized carbons (Fsp3) is 0.167. The van der Waals surface area contributed by atoms with Gasteiger partial charge in [0, 0.05) is 11.1 Å². The van der Waals surface area contributed by atoms with Crippen molar-refractivity contribution >= 4 is 46.7 Å². The normalized spacial score (nSPS) is 11.5. The van der Waals surface area contributed by atoms with Crippen LogP contribution in [0.15, 0.2) is 36.4 Å². The fourth-order valence-corrected chi connectivity index (χ4v) is 2.54. The van der Waals surface area contributed by atoms with Crippen LogP contribution < -0.4 is 10.6 Å². The number of hydrogen-bond acceptors (Lipinski definition) is 4. The third-order valence-electron chi connectivity index (χ3n) is 3.43. The average molecular weight is 431 g/mol. The monoisotopic (exact) mass is 430 g/mol. The first-order valence-corrected chi connectivity index (χ1v) is 8.61. The van der Waals surface area contributed by atoms with Crippen LogP contribution in [0.3, 0.4) is 0 Å². The smallest absolute Gasteiger partial charge is 0.326 e.